The minimum absolute atomic E-state index is 0.734. The Morgan fingerprint density at radius 1 is 1.36 bits per heavy atom. The van der Waals surface area contributed by atoms with Gasteiger partial charge in [-0.1, -0.05) is 13.8 Å². The lowest BCUT2D eigenvalue weighted by molar-refractivity contribution is 0.654. The zero-order valence-corrected chi connectivity index (χ0v) is 9.99. The molecule has 3 heteroatoms. The van der Waals surface area contributed by atoms with Crippen LogP contribution in [0.3, 0.4) is 0 Å². The number of hydrogen-bond acceptors (Lipinski definition) is 3. The first-order valence-electron chi connectivity index (χ1n) is 4.74. The zero-order chi connectivity index (χ0) is 9.97. The molecule has 0 aromatic carbocycles. The van der Waals surface area contributed by atoms with Gasteiger partial charge in [0.15, 0.2) is 0 Å². The second-order valence-electron chi connectivity index (χ2n) is 3.70. The number of aromatic nitrogens is 1. The molecular formula is C11H13NS2. The quantitative estimate of drug-likeness (QED) is 0.764. The Kier molecular flexibility index (Phi) is 2.99. The van der Waals surface area contributed by atoms with E-state index in [0.717, 1.165) is 10.9 Å². The summed E-state index contributed by atoms with van der Waals surface area (Å²) < 4.78 is 0. The standard InChI is InChI=1S/C11H13NS2/c1-8(2)7-9-3-4-10(14-9)11-12-5-6-13-11/h3-6,8H,7H2,1-2H3. The highest BCUT2D eigenvalue weighted by molar-refractivity contribution is 7.21. The van der Waals surface area contributed by atoms with Crippen molar-refractivity contribution in [2.24, 2.45) is 5.92 Å². The Hall–Kier alpha value is -0.670. The van der Waals surface area contributed by atoms with Gasteiger partial charge in [-0.2, -0.15) is 0 Å². The first-order valence-corrected chi connectivity index (χ1v) is 6.44. The van der Waals surface area contributed by atoms with Crippen molar-refractivity contribution in [3.63, 3.8) is 0 Å². The fourth-order valence-electron chi connectivity index (χ4n) is 1.35. The van der Waals surface area contributed by atoms with E-state index in [1.165, 1.54) is 16.2 Å². The summed E-state index contributed by atoms with van der Waals surface area (Å²) in [7, 11) is 0. The second-order valence-corrected chi connectivity index (χ2v) is 5.76. The van der Waals surface area contributed by atoms with Gasteiger partial charge in [-0.15, -0.1) is 22.7 Å². The third kappa shape index (κ3) is 2.22. The minimum atomic E-state index is 0.734. The highest BCUT2D eigenvalue weighted by Crippen LogP contribution is 2.30. The molecule has 0 atom stereocenters. The molecular weight excluding hydrogens is 210 g/mol. The SMILES string of the molecule is CC(C)Cc1ccc(-c2nccs2)s1. The van der Waals surface area contributed by atoms with Crippen LogP contribution in [0.4, 0.5) is 0 Å². The predicted molar refractivity (Wildman–Crippen MR) is 64.0 cm³/mol. The Balaban J connectivity index is 2.18. The summed E-state index contributed by atoms with van der Waals surface area (Å²) in [5.74, 6) is 0.734. The van der Waals surface area contributed by atoms with Crippen LogP contribution in [-0.2, 0) is 6.42 Å². The Labute approximate surface area is 92.4 Å². The van der Waals surface area contributed by atoms with E-state index in [9.17, 15) is 0 Å². The average molecular weight is 223 g/mol. The Morgan fingerprint density at radius 2 is 2.21 bits per heavy atom. The van der Waals surface area contributed by atoms with Gasteiger partial charge in [0.05, 0.1) is 4.88 Å². The van der Waals surface area contributed by atoms with Crippen LogP contribution in [0.25, 0.3) is 9.88 Å². The van der Waals surface area contributed by atoms with E-state index in [-0.39, 0.29) is 0 Å². The maximum atomic E-state index is 4.31. The van der Waals surface area contributed by atoms with Crippen LogP contribution in [0, 0.1) is 5.92 Å². The van der Waals surface area contributed by atoms with Crippen molar-refractivity contribution in [3.8, 4) is 9.88 Å². The third-order valence-corrected chi connectivity index (χ3v) is 3.96. The summed E-state index contributed by atoms with van der Waals surface area (Å²) in [6.45, 7) is 4.51. The summed E-state index contributed by atoms with van der Waals surface area (Å²) in [5, 5.41) is 3.17. The van der Waals surface area contributed by atoms with Crippen molar-refractivity contribution in [2.75, 3.05) is 0 Å². The summed E-state index contributed by atoms with van der Waals surface area (Å²) >= 11 is 3.57. The van der Waals surface area contributed by atoms with Crippen LogP contribution in [0.1, 0.15) is 18.7 Å². The van der Waals surface area contributed by atoms with E-state index < -0.39 is 0 Å². The van der Waals surface area contributed by atoms with Gasteiger partial charge in [-0.25, -0.2) is 4.98 Å². The van der Waals surface area contributed by atoms with Crippen molar-refractivity contribution in [1.82, 2.24) is 4.98 Å². The van der Waals surface area contributed by atoms with E-state index in [1.807, 2.05) is 22.9 Å². The molecule has 2 aromatic heterocycles. The molecule has 0 bridgehead atoms. The monoisotopic (exact) mass is 223 g/mol. The van der Waals surface area contributed by atoms with Crippen molar-refractivity contribution in [1.29, 1.82) is 0 Å². The molecule has 0 fully saturated rings. The first-order chi connectivity index (χ1) is 6.75. The van der Waals surface area contributed by atoms with Crippen LogP contribution < -0.4 is 0 Å². The van der Waals surface area contributed by atoms with Gasteiger partial charge < -0.3 is 0 Å². The molecule has 0 radical (unpaired) electrons. The highest BCUT2D eigenvalue weighted by atomic mass is 32.1. The molecule has 0 aliphatic heterocycles. The van der Waals surface area contributed by atoms with Crippen molar-refractivity contribution in [2.45, 2.75) is 20.3 Å². The summed E-state index contributed by atoms with van der Waals surface area (Å²) in [5.41, 5.74) is 0. The maximum absolute atomic E-state index is 4.31. The molecule has 0 spiro atoms. The molecule has 0 unspecified atom stereocenters. The van der Waals surface area contributed by atoms with E-state index in [4.69, 9.17) is 0 Å². The van der Waals surface area contributed by atoms with Crippen LogP contribution in [-0.4, -0.2) is 4.98 Å². The van der Waals surface area contributed by atoms with E-state index in [2.05, 4.69) is 31.0 Å². The molecule has 0 N–H and O–H groups in total. The van der Waals surface area contributed by atoms with Gasteiger partial charge in [-0.3, -0.25) is 0 Å². The second kappa shape index (κ2) is 4.24. The molecule has 0 amide bonds. The molecule has 14 heavy (non-hydrogen) atoms. The van der Waals surface area contributed by atoms with Crippen LogP contribution in [0.5, 0.6) is 0 Å². The topological polar surface area (TPSA) is 12.9 Å². The number of thiazole rings is 1. The molecule has 0 saturated heterocycles. The van der Waals surface area contributed by atoms with Crippen molar-refractivity contribution < 1.29 is 0 Å². The average Bonchev–Trinajstić information content (AvgIpc) is 2.69. The lowest BCUT2D eigenvalue weighted by Gasteiger charge is -1.99. The zero-order valence-electron chi connectivity index (χ0n) is 8.36. The Morgan fingerprint density at radius 3 is 2.86 bits per heavy atom. The van der Waals surface area contributed by atoms with E-state index in [0.29, 0.717) is 0 Å². The largest absolute Gasteiger partial charge is 0.244 e. The van der Waals surface area contributed by atoms with E-state index >= 15 is 0 Å². The highest BCUT2D eigenvalue weighted by Gasteiger charge is 2.05. The molecule has 0 aliphatic carbocycles. The van der Waals surface area contributed by atoms with Gasteiger partial charge >= 0.3 is 0 Å². The minimum Gasteiger partial charge on any atom is -0.244 e. The normalized spacial score (nSPS) is 11.1. The lowest BCUT2D eigenvalue weighted by Crippen LogP contribution is -1.89. The molecule has 2 rings (SSSR count). The Bertz CT molecular complexity index is 387. The fraction of sp³-hybridized carbons (Fsp3) is 0.364. The smallest absolute Gasteiger partial charge is 0.133 e. The number of thiophene rings is 1. The summed E-state index contributed by atoms with van der Waals surface area (Å²) in [6.07, 6.45) is 3.04. The van der Waals surface area contributed by atoms with Gasteiger partial charge in [0.2, 0.25) is 0 Å². The summed E-state index contributed by atoms with van der Waals surface area (Å²) in [4.78, 5) is 7.07. The molecule has 2 heterocycles. The third-order valence-electron chi connectivity index (χ3n) is 1.91. The molecule has 2 aromatic rings. The predicted octanol–water partition coefficient (Wildman–Crippen LogP) is 4.07. The number of hydrogen-bond donors (Lipinski definition) is 0. The van der Waals surface area contributed by atoms with Crippen molar-refractivity contribution in [3.05, 3.63) is 28.6 Å². The molecule has 0 saturated carbocycles. The van der Waals surface area contributed by atoms with Gasteiger partial charge in [0.25, 0.3) is 0 Å². The van der Waals surface area contributed by atoms with Gasteiger partial charge in [0.1, 0.15) is 5.01 Å². The van der Waals surface area contributed by atoms with Crippen LogP contribution in [0.15, 0.2) is 23.7 Å². The number of nitrogens with zero attached hydrogens (tertiary/aromatic N) is 1. The molecule has 74 valence electrons. The van der Waals surface area contributed by atoms with E-state index in [1.54, 1.807) is 11.3 Å². The number of rotatable bonds is 3. The maximum Gasteiger partial charge on any atom is 0.133 e. The molecule has 0 aliphatic rings. The fourth-order valence-corrected chi connectivity index (χ4v) is 3.29. The summed E-state index contributed by atoms with van der Waals surface area (Å²) in [6, 6.07) is 4.41. The van der Waals surface area contributed by atoms with Crippen molar-refractivity contribution >= 4 is 22.7 Å². The first kappa shape index (κ1) is 9.87. The van der Waals surface area contributed by atoms with Crippen LogP contribution in [0.2, 0.25) is 0 Å². The van der Waals surface area contributed by atoms with Gasteiger partial charge in [-0.05, 0) is 24.5 Å². The van der Waals surface area contributed by atoms with Crippen LogP contribution >= 0.6 is 22.7 Å². The van der Waals surface area contributed by atoms with Gasteiger partial charge in [0, 0.05) is 16.5 Å². The molecule has 1 nitrogen and oxygen atoms in total. The lowest BCUT2D eigenvalue weighted by atomic mass is 10.1.